The van der Waals surface area contributed by atoms with E-state index in [2.05, 4.69) is 9.11 Å². The van der Waals surface area contributed by atoms with E-state index in [0.29, 0.717) is 16.3 Å². The van der Waals surface area contributed by atoms with Gasteiger partial charge in [-0.25, -0.2) is 9.59 Å². The van der Waals surface area contributed by atoms with Crippen molar-refractivity contribution in [1.82, 2.24) is 4.37 Å². The minimum Gasteiger partial charge on any atom is -0.465 e. The lowest BCUT2D eigenvalue weighted by Crippen LogP contribution is -2.09. The van der Waals surface area contributed by atoms with Gasteiger partial charge in [-0.2, -0.15) is 4.37 Å². The van der Waals surface area contributed by atoms with Gasteiger partial charge in [-0.3, -0.25) is 0 Å². The first-order chi connectivity index (χ1) is 9.58. The fourth-order valence-electron chi connectivity index (χ4n) is 1.62. The van der Waals surface area contributed by atoms with Crippen LogP contribution in [0.1, 0.15) is 20.0 Å². The molecule has 0 aliphatic rings. The number of methoxy groups -OCH3 is 2. The van der Waals surface area contributed by atoms with Gasteiger partial charge in [-0.05, 0) is 23.7 Å². The van der Waals surface area contributed by atoms with Crippen LogP contribution >= 0.6 is 23.1 Å². The standard InChI is InChI=1S/C13H10ClNO4S/c1-18-12(16)9-10(7-3-5-8(14)6-4-7)15-20-11(9)13(17)19-2/h3-6H,1-2H3. The highest BCUT2D eigenvalue weighted by atomic mass is 35.5. The van der Waals surface area contributed by atoms with Gasteiger partial charge in [0.15, 0.2) is 0 Å². The number of ether oxygens (including phenoxy) is 2. The molecular weight excluding hydrogens is 302 g/mol. The van der Waals surface area contributed by atoms with Gasteiger partial charge in [-0.1, -0.05) is 23.7 Å². The minimum atomic E-state index is -0.635. The molecule has 1 aromatic carbocycles. The first-order valence-electron chi connectivity index (χ1n) is 5.50. The number of nitrogens with zero attached hydrogens (tertiary/aromatic N) is 1. The molecule has 0 radical (unpaired) electrons. The zero-order valence-corrected chi connectivity index (χ0v) is 12.2. The number of hydrogen-bond donors (Lipinski definition) is 0. The predicted octanol–water partition coefficient (Wildman–Crippen LogP) is 3.04. The molecule has 1 heterocycles. The van der Waals surface area contributed by atoms with Crippen LogP contribution in [0.15, 0.2) is 24.3 Å². The highest BCUT2D eigenvalue weighted by Gasteiger charge is 2.27. The fraction of sp³-hybridized carbons (Fsp3) is 0.154. The van der Waals surface area contributed by atoms with E-state index in [4.69, 9.17) is 16.3 Å². The summed E-state index contributed by atoms with van der Waals surface area (Å²) in [6.07, 6.45) is 0. The Kier molecular flexibility index (Phi) is 4.36. The molecule has 0 spiro atoms. The van der Waals surface area contributed by atoms with Crippen LogP contribution in [0.5, 0.6) is 0 Å². The maximum atomic E-state index is 11.9. The van der Waals surface area contributed by atoms with E-state index in [9.17, 15) is 9.59 Å². The van der Waals surface area contributed by atoms with Crippen LogP contribution in [0.3, 0.4) is 0 Å². The van der Waals surface area contributed by atoms with Gasteiger partial charge in [0.2, 0.25) is 0 Å². The molecular formula is C13H10ClNO4S. The van der Waals surface area contributed by atoms with E-state index < -0.39 is 11.9 Å². The van der Waals surface area contributed by atoms with Gasteiger partial charge in [0.05, 0.1) is 19.9 Å². The van der Waals surface area contributed by atoms with Crippen molar-refractivity contribution in [2.75, 3.05) is 14.2 Å². The molecule has 5 nitrogen and oxygen atoms in total. The van der Waals surface area contributed by atoms with Crippen molar-refractivity contribution in [1.29, 1.82) is 0 Å². The molecule has 0 amide bonds. The number of carbonyl (C=O) groups excluding carboxylic acids is 2. The van der Waals surface area contributed by atoms with E-state index in [-0.39, 0.29) is 10.4 Å². The first-order valence-corrected chi connectivity index (χ1v) is 6.66. The van der Waals surface area contributed by atoms with Crippen LogP contribution in [-0.2, 0) is 9.47 Å². The Hall–Kier alpha value is -1.92. The number of halogens is 1. The maximum Gasteiger partial charge on any atom is 0.350 e. The second-order valence-electron chi connectivity index (χ2n) is 3.73. The number of esters is 2. The van der Waals surface area contributed by atoms with Crippen molar-refractivity contribution in [2.24, 2.45) is 0 Å². The monoisotopic (exact) mass is 311 g/mol. The van der Waals surface area contributed by atoms with E-state index in [1.807, 2.05) is 0 Å². The maximum absolute atomic E-state index is 11.9. The number of hydrogen-bond acceptors (Lipinski definition) is 6. The SMILES string of the molecule is COC(=O)c1snc(-c2ccc(Cl)cc2)c1C(=O)OC. The molecule has 0 saturated heterocycles. The quantitative estimate of drug-likeness (QED) is 0.815. The average molecular weight is 312 g/mol. The molecule has 2 aromatic rings. The van der Waals surface area contributed by atoms with Crippen LogP contribution in [-0.4, -0.2) is 30.5 Å². The number of benzene rings is 1. The third-order valence-corrected chi connectivity index (χ3v) is 3.65. The Labute approximate surface area is 124 Å². The van der Waals surface area contributed by atoms with Gasteiger partial charge in [-0.15, -0.1) is 0 Å². The summed E-state index contributed by atoms with van der Waals surface area (Å²) in [6.45, 7) is 0. The van der Waals surface area contributed by atoms with Crippen molar-refractivity contribution in [3.05, 3.63) is 39.7 Å². The lowest BCUT2D eigenvalue weighted by molar-refractivity contribution is 0.0560. The van der Waals surface area contributed by atoms with Crippen LogP contribution in [0.2, 0.25) is 5.02 Å². The molecule has 0 aliphatic carbocycles. The molecule has 0 fully saturated rings. The number of carbonyl (C=O) groups is 2. The second-order valence-corrected chi connectivity index (χ2v) is 4.94. The number of aromatic nitrogens is 1. The lowest BCUT2D eigenvalue weighted by Gasteiger charge is -2.03. The van der Waals surface area contributed by atoms with E-state index in [1.54, 1.807) is 24.3 Å². The Morgan fingerprint density at radius 2 is 1.70 bits per heavy atom. The van der Waals surface area contributed by atoms with Crippen molar-refractivity contribution >= 4 is 35.1 Å². The van der Waals surface area contributed by atoms with Crippen molar-refractivity contribution in [3.8, 4) is 11.3 Å². The van der Waals surface area contributed by atoms with Crippen molar-refractivity contribution in [2.45, 2.75) is 0 Å². The molecule has 0 N–H and O–H groups in total. The van der Waals surface area contributed by atoms with E-state index in [1.165, 1.54) is 14.2 Å². The van der Waals surface area contributed by atoms with Crippen molar-refractivity contribution in [3.63, 3.8) is 0 Å². The molecule has 104 valence electrons. The fourth-order valence-corrected chi connectivity index (χ4v) is 2.55. The molecule has 0 saturated carbocycles. The minimum absolute atomic E-state index is 0.103. The third kappa shape index (κ3) is 2.66. The van der Waals surface area contributed by atoms with Gasteiger partial charge in [0.1, 0.15) is 10.4 Å². The molecule has 0 atom stereocenters. The molecule has 0 bridgehead atoms. The third-order valence-electron chi connectivity index (χ3n) is 2.57. The Balaban J connectivity index is 2.59. The zero-order chi connectivity index (χ0) is 14.7. The van der Waals surface area contributed by atoms with Crippen molar-refractivity contribution < 1.29 is 19.1 Å². The smallest absolute Gasteiger partial charge is 0.350 e. The van der Waals surface area contributed by atoms with Crippen LogP contribution in [0.4, 0.5) is 0 Å². The van der Waals surface area contributed by atoms with Gasteiger partial charge in [0, 0.05) is 10.6 Å². The Morgan fingerprint density at radius 1 is 1.10 bits per heavy atom. The summed E-state index contributed by atoms with van der Waals surface area (Å²) < 4.78 is 13.5. The second kappa shape index (κ2) is 6.02. The van der Waals surface area contributed by atoms with Gasteiger partial charge >= 0.3 is 11.9 Å². The lowest BCUT2D eigenvalue weighted by atomic mass is 10.1. The summed E-state index contributed by atoms with van der Waals surface area (Å²) in [4.78, 5) is 23.7. The summed E-state index contributed by atoms with van der Waals surface area (Å²) >= 11 is 6.72. The topological polar surface area (TPSA) is 65.5 Å². The summed E-state index contributed by atoms with van der Waals surface area (Å²) in [5.41, 5.74) is 1.15. The highest BCUT2D eigenvalue weighted by molar-refractivity contribution is 7.08. The molecule has 0 unspecified atom stereocenters. The highest BCUT2D eigenvalue weighted by Crippen LogP contribution is 2.30. The first kappa shape index (κ1) is 14.5. The average Bonchev–Trinajstić information content (AvgIpc) is 2.91. The Morgan fingerprint density at radius 3 is 2.25 bits per heavy atom. The van der Waals surface area contributed by atoms with E-state index in [0.717, 1.165) is 11.5 Å². The van der Waals surface area contributed by atoms with Crippen LogP contribution in [0, 0.1) is 0 Å². The molecule has 1 aromatic heterocycles. The largest absolute Gasteiger partial charge is 0.465 e. The van der Waals surface area contributed by atoms with Gasteiger partial charge < -0.3 is 9.47 Å². The Bertz CT molecular complexity index is 651. The van der Waals surface area contributed by atoms with E-state index >= 15 is 0 Å². The van der Waals surface area contributed by atoms with Crippen LogP contribution < -0.4 is 0 Å². The summed E-state index contributed by atoms with van der Waals surface area (Å²) in [6, 6.07) is 6.78. The molecule has 2 rings (SSSR count). The molecule has 20 heavy (non-hydrogen) atoms. The molecule has 0 aliphatic heterocycles. The summed E-state index contributed by atoms with van der Waals surface area (Å²) in [7, 11) is 2.48. The number of rotatable bonds is 3. The summed E-state index contributed by atoms with van der Waals surface area (Å²) in [5, 5.41) is 0.566. The van der Waals surface area contributed by atoms with Gasteiger partial charge in [0.25, 0.3) is 0 Å². The summed E-state index contributed by atoms with van der Waals surface area (Å²) in [5.74, 6) is -1.26. The zero-order valence-electron chi connectivity index (χ0n) is 10.7. The molecule has 7 heteroatoms. The predicted molar refractivity (Wildman–Crippen MR) is 75.2 cm³/mol. The van der Waals surface area contributed by atoms with Crippen LogP contribution in [0.25, 0.3) is 11.3 Å². The normalized spacial score (nSPS) is 10.2.